The number of aromatic nitrogens is 1. The summed E-state index contributed by atoms with van der Waals surface area (Å²) in [6, 6.07) is 16.6. The van der Waals surface area contributed by atoms with Gasteiger partial charge in [0.15, 0.2) is 5.82 Å². The first-order chi connectivity index (χ1) is 12.1. The molecule has 6 heteroatoms. The lowest BCUT2D eigenvalue weighted by Crippen LogP contribution is -2.07. The molecule has 0 bridgehead atoms. The Balaban J connectivity index is 1.94. The van der Waals surface area contributed by atoms with Gasteiger partial charge in [0, 0.05) is 23.0 Å². The van der Waals surface area contributed by atoms with Gasteiger partial charge in [-0.15, -0.1) is 0 Å². The predicted octanol–water partition coefficient (Wildman–Crippen LogP) is 4.60. The molecule has 0 aliphatic rings. The van der Waals surface area contributed by atoms with E-state index in [4.69, 9.17) is 17.3 Å². The van der Waals surface area contributed by atoms with E-state index in [0.717, 1.165) is 16.8 Å². The Hall–Kier alpha value is -3.05. The number of aryl methyl sites for hydroxylation is 1. The van der Waals surface area contributed by atoms with Crippen molar-refractivity contribution in [3.05, 3.63) is 82.5 Å². The first-order valence-corrected chi connectivity index (χ1v) is 8.03. The van der Waals surface area contributed by atoms with Crippen molar-refractivity contribution in [2.45, 2.75) is 6.92 Å². The largest absolute Gasteiger partial charge is 0.410 e. The summed E-state index contributed by atoms with van der Waals surface area (Å²) in [5.74, 6) is 0.557. The maximum atomic E-state index is 9.51. The molecule has 5 nitrogen and oxygen atoms in total. The molecule has 0 aliphatic carbocycles. The molecule has 0 aliphatic heterocycles. The van der Waals surface area contributed by atoms with Gasteiger partial charge in [-0.1, -0.05) is 41.0 Å². The predicted molar refractivity (Wildman–Crippen MR) is 102 cm³/mol. The molecule has 0 amide bonds. The fourth-order valence-electron chi connectivity index (χ4n) is 2.54. The van der Waals surface area contributed by atoms with E-state index in [9.17, 15) is 5.21 Å². The smallest absolute Gasteiger partial charge is 0.153 e. The second-order valence-electron chi connectivity index (χ2n) is 5.52. The van der Waals surface area contributed by atoms with Gasteiger partial charge < -0.3 is 16.3 Å². The maximum Gasteiger partial charge on any atom is 0.153 e. The van der Waals surface area contributed by atoms with Crippen LogP contribution in [-0.2, 0) is 0 Å². The average Bonchev–Trinajstić information content (AvgIpc) is 2.61. The third-order valence-electron chi connectivity index (χ3n) is 3.83. The van der Waals surface area contributed by atoms with Gasteiger partial charge in [0.2, 0.25) is 0 Å². The molecule has 1 aromatic heterocycles. The summed E-state index contributed by atoms with van der Waals surface area (Å²) in [6.45, 7) is 1.95. The topological polar surface area (TPSA) is 83.5 Å². The number of nitrogens with two attached hydrogens (primary N) is 1. The summed E-state index contributed by atoms with van der Waals surface area (Å²) >= 11 is 6.43. The van der Waals surface area contributed by atoms with Crippen molar-refractivity contribution in [2.75, 3.05) is 11.1 Å². The van der Waals surface area contributed by atoms with E-state index < -0.39 is 0 Å². The quantitative estimate of drug-likeness (QED) is 0.364. The number of anilines is 3. The number of nitrogens with one attached hydrogen (secondary N) is 1. The lowest BCUT2D eigenvalue weighted by molar-refractivity contribution is 0.319. The summed E-state index contributed by atoms with van der Waals surface area (Å²) in [5.41, 5.74) is 10.0. The molecular weight excluding hydrogens is 336 g/mol. The number of oxime groups is 1. The highest BCUT2D eigenvalue weighted by Crippen LogP contribution is 2.27. The van der Waals surface area contributed by atoms with Crippen molar-refractivity contribution in [2.24, 2.45) is 5.16 Å². The van der Waals surface area contributed by atoms with Gasteiger partial charge in [-0.2, -0.15) is 0 Å². The van der Waals surface area contributed by atoms with Crippen molar-refractivity contribution >= 4 is 34.5 Å². The van der Waals surface area contributed by atoms with Crippen molar-refractivity contribution in [1.29, 1.82) is 0 Å². The molecule has 3 aromatic rings. The Bertz CT molecular complexity index is 940. The Morgan fingerprint density at radius 1 is 1.12 bits per heavy atom. The normalized spacial score (nSPS) is 11.4. The molecule has 0 atom stereocenters. The van der Waals surface area contributed by atoms with Crippen LogP contribution in [0.25, 0.3) is 0 Å². The molecule has 126 valence electrons. The van der Waals surface area contributed by atoms with Crippen LogP contribution in [0.15, 0.2) is 65.9 Å². The van der Waals surface area contributed by atoms with Crippen LogP contribution in [0.2, 0.25) is 5.02 Å². The summed E-state index contributed by atoms with van der Waals surface area (Å²) in [7, 11) is 0. The number of benzene rings is 2. The van der Waals surface area contributed by atoms with Gasteiger partial charge >= 0.3 is 0 Å². The molecule has 3 rings (SSSR count). The molecule has 4 N–H and O–H groups in total. The minimum atomic E-state index is 0.423. The van der Waals surface area contributed by atoms with Crippen LogP contribution in [0, 0.1) is 6.92 Å². The fraction of sp³-hybridized carbons (Fsp3) is 0.0526. The Morgan fingerprint density at radius 3 is 2.60 bits per heavy atom. The second kappa shape index (κ2) is 7.23. The maximum absolute atomic E-state index is 9.51. The third kappa shape index (κ3) is 3.56. The molecule has 1 heterocycles. The Labute approximate surface area is 150 Å². The zero-order valence-electron chi connectivity index (χ0n) is 13.6. The molecule has 0 saturated carbocycles. The van der Waals surface area contributed by atoms with Crippen molar-refractivity contribution < 1.29 is 5.21 Å². The van der Waals surface area contributed by atoms with E-state index in [1.165, 1.54) is 0 Å². The molecule has 0 unspecified atom stereocenters. The van der Waals surface area contributed by atoms with Gasteiger partial charge in [0.05, 0.1) is 10.7 Å². The molecule has 0 radical (unpaired) electrons. The first kappa shape index (κ1) is 16.8. The fourth-order valence-corrected chi connectivity index (χ4v) is 2.81. The zero-order chi connectivity index (χ0) is 17.8. The van der Waals surface area contributed by atoms with E-state index in [-0.39, 0.29) is 0 Å². The van der Waals surface area contributed by atoms with Gasteiger partial charge in [0.25, 0.3) is 0 Å². The van der Waals surface area contributed by atoms with Crippen LogP contribution in [0.1, 0.15) is 16.7 Å². The second-order valence-corrected chi connectivity index (χ2v) is 5.93. The number of halogens is 1. The standard InChI is InChI=1S/C19H17ClN4O/c1-12-5-2-3-6-14(12)18(24-25)15-9-8-13(11-16(15)20)23-19-17(21)7-4-10-22-19/h2-11,25H,21H2,1H3,(H,22,23). The van der Waals surface area contributed by atoms with E-state index in [0.29, 0.717) is 27.8 Å². The molecule has 0 fully saturated rings. The van der Waals surface area contributed by atoms with Crippen LogP contribution in [-0.4, -0.2) is 15.9 Å². The van der Waals surface area contributed by atoms with Crippen molar-refractivity contribution in [1.82, 2.24) is 4.98 Å². The van der Waals surface area contributed by atoms with Crippen LogP contribution in [0.5, 0.6) is 0 Å². The summed E-state index contributed by atoms with van der Waals surface area (Å²) in [5, 5.41) is 16.5. The summed E-state index contributed by atoms with van der Waals surface area (Å²) in [4.78, 5) is 4.19. The summed E-state index contributed by atoms with van der Waals surface area (Å²) in [6.07, 6.45) is 1.66. The van der Waals surface area contributed by atoms with Gasteiger partial charge in [-0.3, -0.25) is 0 Å². The van der Waals surface area contributed by atoms with Gasteiger partial charge in [0.1, 0.15) is 5.71 Å². The highest BCUT2D eigenvalue weighted by Gasteiger charge is 2.14. The minimum Gasteiger partial charge on any atom is -0.410 e. The third-order valence-corrected chi connectivity index (χ3v) is 4.14. The van der Waals surface area contributed by atoms with E-state index in [2.05, 4.69) is 15.5 Å². The molecule has 25 heavy (non-hydrogen) atoms. The summed E-state index contributed by atoms with van der Waals surface area (Å²) < 4.78 is 0. The average molecular weight is 353 g/mol. The molecular formula is C19H17ClN4O. The lowest BCUT2D eigenvalue weighted by Gasteiger charge is -2.12. The highest BCUT2D eigenvalue weighted by molar-refractivity contribution is 6.35. The zero-order valence-corrected chi connectivity index (χ0v) is 14.3. The van der Waals surface area contributed by atoms with E-state index >= 15 is 0 Å². The van der Waals surface area contributed by atoms with Crippen molar-refractivity contribution in [3.63, 3.8) is 0 Å². The van der Waals surface area contributed by atoms with E-state index in [1.807, 2.05) is 37.3 Å². The van der Waals surface area contributed by atoms with Crippen LogP contribution >= 0.6 is 11.6 Å². The number of nitrogen functional groups attached to an aromatic ring is 1. The van der Waals surface area contributed by atoms with Gasteiger partial charge in [-0.05, 0) is 42.8 Å². The van der Waals surface area contributed by atoms with Crippen LogP contribution in [0.4, 0.5) is 17.2 Å². The van der Waals surface area contributed by atoms with Crippen molar-refractivity contribution in [3.8, 4) is 0 Å². The SMILES string of the molecule is Cc1ccccc1C(=NO)c1ccc(Nc2ncccc2N)cc1Cl. The lowest BCUT2D eigenvalue weighted by atomic mass is 9.98. The number of hydrogen-bond donors (Lipinski definition) is 3. The Morgan fingerprint density at radius 2 is 1.92 bits per heavy atom. The molecule has 2 aromatic carbocycles. The minimum absolute atomic E-state index is 0.423. The van der Waals surface area contributed by atoms with Crippen LogP contribution in [0.3, 0.4) is 0 Å². The van der Waals surface area contributed by atoms with Crippen LogP contribution < -0.4 is 11.1 Å². The molecule has 0 saturated heterocycles. The number of hydrogen-bond acceptors (Lipinski definition) is 5. The Kier molecular flexibility index (Phi) is 4.86. The number of rotatable bonds is 4. The number of pyridine rings is 1. The van der Waals surface area contributed by atoms with E-state index in [1.54, 1.807) is 30.5 Å². The molecule has 0 spiro atoms. The number of nitrogens with zero attached hydrogens (tertiary/aromatic N) is 2. The first-order valence-electron chi connectivity index (χ1n) is 7.65. The monoisotopic (exact) mass is 352 g/mol. The van der Waals surface area contributed by atoms with Gasteiger partial charge in [-0.25, -0.2) is 4.98 Å². The highest BCUT2D eigenvalue weighted by atomic mass is 35.5.